The Bertz CT molecular complexity index is 537. The summed E-state index contributed by atoms with van der Waals surface area (Å²) in [5.74, 6) is 1.22. The Balaban J connectivity index is 2.82. The van der Waals surface area contributed by atoms with Gasteiger partial charge >= 0.3 is 0 Å². The van der Waals surface area contributed by atoms with E-state index in [0.29, 0.717) is 11.5 Å². The van der Waals surface area contributed by atoms with Crippen molar-refractivity contribution in [1.82, 2.24) is 5.32 Å². The summed E-state index contributed by atoms with van der Waals surface area (Å²) in [6, 6.07) is 7.64. The average Bonchev–Trinajstić information content (AvgIpc) is 2.43. The summed E-state index contributed by atoms with van der Waals surface area (Å²) in [5.41, 5.74) is 2.38. The largest absolute Gasteiger partial charge is 0.493 e. The normalized spacial score (nSPS) is 11.9. The van der Waals surface area contributed by atoms with E-state index in [1.165, 1.54) is 5.57 Å². The number of hydrogen-bond donors (Lipinski definition) is 1. The lowest BCUT2D eigenvalue weighted by atomic mass is 10.1. The molecule has 0 saturated carbocycles. The first-order chi connectivity index (χ1) is 9.85. The number of benzene rings is 1. The second-order valence-corrected chi connectivity index (χ2v) is 5.95. The Morgan fingerprint density at radius 2 is 2.05 bits per heavy atom. The van der Waals surface area contributed by atoms with Crippen molar-refractivity contribution in [2.75, 3.05) is 20.3 Å². The molecule has 114 valence electrons. The van der Waals surface area contributed by atoms with Gasteiger partial charge in [0.05, 0.1) is 7.11 Å². The second-order valence-electron chi connectivity index (χ2n) is 5.95. The van der Waals surface area contributed by atoms with Gasteiger partial charge in [-0.25, -0.2) is 0 Å². The summed E-state index contributed by atoms with van der Waals surface area (Å²) in [6.45, 7) is 9.36. The molecule has 0 radical (unpaired) electrons. The molecule has 21 heavy (non-hydrogen) atoms. The third-order valence-electron chi connectivity index (χ3n) is 2.79. The lowest BCUT2D eigenvalue weighted by Gasteiger charge is -2.20. The summed E-state index contributed by atoms with van der Waals surface area (Å²) in [5, 5.41) is 12.0. The van der Waals surface area contributed by atoms with Gasteiger partial charge in [0.2, 0.25) is 0 Å². The molecule has 0 aliphatic rings. The molecule has 0 saturated heterocycles. The summed E-state index contributed by atoms with van der Waals surface area (Å²) in [4.78, 5) is 0. The highest BCUT2D eigenvalue weighted by Gasteiger charge is 2.08. The maximum Gasteiger partial charge on any atom is 0.174 e. The van der Waals surface area contributed by atoms with Crippen molar-refractivity contribution in [3.05, 3.63) is 29.3 Å². The molecule has 0 aromatic heterocycles. The molecule has 1 aromatic carbocycles. The molecule has 0 heterocycles. The van der Waals surface area contributed by atoms with Crippen molar-refractivity contribution in [3.63, 3.8) is 0 Å². The van der Waals surface area contributed by atoms with E-state index in [4.69, 9.17) is 14.7 Å². The Labute approximate surface area is 127 Å². The van der Waals surface area contributed by atoms with Crippen molar-refractivity contribution in [1.29, 1.82) is 5.26 Å². The van der Waals surface area contributed by atoms with E-state index in [0.717, 1.165) is 12.1 Å². The quantitative estimate of drug-likeness (QED) is 0.871. The van der Waals surface area contributed by atoms with E-state index < -0.39 is 0 Å². The number of hydrogen-bond acceptors (Lipinski definition) is 4. The molecular formula is C17H24N2O2. The molecular weight excluding hydrogens is 264 g/mol. The highest BCUT2D eigenvalue weighted by Crippen LogP contribution is 2.28. The van der Waals surface area contributed by atoms with Crippen LogP contribution in [-0.2, 0) is 0 Å². The number of nitrogens with one attached hydrogen (secondary N) is 1. The van der Waals surface area contributed by atoms with E-state index in [9.17, 15) is 0 Å². The van der Waals surface area contributed by atoms with Gasteiger partial charge in [-0.05, 0) is 45.4 Å². The van der Waals surface area contributed by atoms with Gasteiger partial charge in [-0.1, -0.05) is 17.7 Å². The highest BCUT2D eigenvalue weighted by atomic mass is 16.5. The summed E-state index contributed by atoms with van der Waals surface area (Å²) in [6.07, 6.45) is 2.11. The molecule has 1 rings (SSSR count). The number of rotatable bonds is 6. The Morgan fingerprint density at radius 1 is 1.33 bits per heavy atom. The molecule has 0 aliphatic carbocycles. The molecule has 0 unspecified atom stereocenters. The average molecular weight is 288 g/mol. The summed E-state index contributed by atoms with van der Waals surface area (Å²) >= 11 is 0. The Morgan fingerprint density at radius 3 is 2.62 bits per heavy atom. The van der Waals surface area contributed by atoms with Gasteiger partial charge in [-0.15, -0.1) is 0 Å². The second kappa shape index (κ2) is 7.70. The lowest BCUT2D eigenvalue weighted by molar-refractivity contribution is 0.329. The fourth-order valence-electron chi connectivity index (χ4n) is 1.74. The number of nitriles is 1. The van der Waals surface area contributed by atoms with Crippen LogP contribution in [-0.4, -0.2) is 25.8 Å². The van der Waals surface area contributed by atoms with Gasteiger partial charge < -0.3 is 14.8 Å². The maximum atomic E-state index is 8.56. The van der Waals surface area contributed by atoms with Crippen LogP contribution in [0.1, 0.15) is 33.3 Å². The molecule has 4 heteroatoms. The number of methoxy groups -OCH3 is 1. The van der Waals surface area contributed by atoms with Gasteiger partial charge in [0.25, 0.3) is 0 Å². The van der Waals surface area contributed by atoms with E-state index >= 15 is 0 Å². The van der Waals surface area contributed by atoms with E-state index in [-0.39, 0.29) is 12.1 Å². The molecule has 0 aliphatic heterocycles. The first-order valence-electron chi connectivity index (χ1n) is 6.95. The van der Waals surface area contributed by atoms with Crippen molar-refractivity contribution >= 4 is 6.08 Å². The SMILES string of the molecule is COc1cc(C=C(C)CNC(C)(C)C)ccc1OCC#N. The van der Waals surface area contributed by atoms with Gasteiger partial charge in [0.15, 0.2) is 18.1 Å². The molecule has 1 aromatic rings. The van der Waals surface area contributed by atoms with Crippen molar-refractivity contribution < 1.29 is 9.47 Å². The first kappa shape index (κ1) is 17.1. The van der Waals surface area contributed by atoms with Crippen LogP contribution in [0.25, 0.3) is 6.08 Å². The van der Waals surface area contributed by atoms with Gasteiger partial charge in [0.1, 0.15) is 6.07 Å². The minimum Gasteiger partial charge on any atom is -0.493 e. The predicted octanol–water partition coefficient (Wildman–Crippen LogP) is 3.39. The van der Waals surface area contributed by atoms with Crippen LogP contribution in [0.2, 0.25) is 0 Å². The third-order valence-corrected chi connectivity index (χ3v) is 2.79. The van der Waals surface area contributed by atoms with E-state index in [1.807, 2.05) is 24.3 Å². The fraction of sp³-hybridized carbons (Fsp3) is 0.471. The van der Waals surface area contributed by atoms with Gasteiger partial charge in [0, 0.05) is 12.1 Å². The van der Waals surface area contributed by atoms with Crippen LogP contribution in [0, 0.1) is 11.3 Å². The molecule has 0 spiro atoms. The fourth-order valence-corrected chi connectivity index (χ4v) is 1.74. The topological polar surface area (TPSA) is 54.3 Å². The smallest absolute Gasteiger partial charge is 0.174 e. The number of nitrogens with zero attached hydrogens (tertiary/aromatic N) is 1. The third kappa shape index (κ3) is 6.33. The molecule has 0 fully saturated rings. The maximum absolute atomic E-state index is 8.56. The molecule has 1 N–H and O–H groups in total. The zero-order chi connectivity index (χ0) is 15.9. The van der Waals surface area contributed by atoms with Crippen molar-refractivity contribution in [2.24, 2.45) is 0 Å². The van der Waals surface area contributed by atoms with Crippen LogP contribution in [0.5, 0.6) is 11.5 Å². The van der Waals surface area contributed by atoms with Gasteiger partial charge in [-0.3, -0.25) is 0 Å². The first-order valence-corrected chi connectivity index (χ1v) is 6.95. The van der Waals surface area contributed by atoms with Crippen LogP contribution < -0.4 is 14.8 Å². The Hall–Kier alpha value is -1.99. The Kier molecular flexibility index (Phi) is 6.26. The van der Waals surface area contributed by atoms with Crippen LogP contribution in [0.15, 0.2) is 23.8 Å². The minimum atomic E-state index is 0.0140. The molecule has 0 bridgehead atoms. The van der Waals surface area contributed by atoms with Crippen LogP contribution >= 0.6 is 0 Å². The summed E-state index contributed by atoms with van der Waals surface area (Å²) in [7, 11) is 1.59. The summed E-state index contributed by atoms with van der Waals surface area (Å²) < 4.78 is 10.6. The van der Waals surface area contributed by atoms with Crippen LogP contribution in [0.3, 0.4) is 0 Å². The lowest BCUT2D eigenvalue weighted by Crippen LogP contribution is -2.36. The van der Waals surface area contributed by atoms with Gasteiger partial charge in [-0.2, -0.15) is 5.26 Å². The molecule has 0 atom stereocenters. The number of ether oxygens (including phenoxy) is 2. The van der Waals surface area contributed by atoms with Crippen LogP contribution in [0.4, 0.5) is 0 Å². The minimum absolute atomic E-state index is 0.0140. The highest BCUT2D eigenvalue weighted by molar-refractivity contribution is 5.58. The standard InChI is InChI=1S/C17H24N2O2/c1-13(12-19-17(2,3)4)10-14-6-7-15(21-9-8-18)16(11-14)20-5/h6-7,10-11,19H,9,12H2,1-5H3. The van der Waals surface area contributed by atoms with Crippen molar-refractivity contribution in [3.8, 4) is 17.6 Å². The van der Waals surface area contributed by atoms with E-state index in [2.05, 4.69) is 39.1 Å². The van der Waals surface area contributed by atoms with E-state index in [1.54, 1.807) is 7.11 Å². The zero-order valence-corrected chi connectivity index (χ0v) is 13.5. The van der Waals surface area contributed by atoms with Crippen molar-refractivity contribution in [2.45, 2.75) is 33.2 Å². The predicted molar refractivity (Wildman–Crippen MR) is 85.5 cm³/mol. The zero-order valence-electron chi connectivity index (χ0n) is 13.5. The monoisotopic (exact) mass is 288 g/mol. The molecule has 0 amide bonds. The molecule has 4 nitrogen and oxygen atoms in total.